The Bertz CT molecular complexity index is 336. The number of aromatic amines is 2. The van der Waals surface area contributed by atoms with Crippen molar-refractivity contribution in [1.29, 1.82) is 0 Å². The van der Waals surface area contributed by atoms with Crippen molar-refractivity contribution in [2.75, 3.05) is 0 Å². The predicted molar refractivity (Wildman–Crippen MR) is 43.5 cm³/mol. The average molecular weight is 167 g/mol. The number of nitrogens with one attached hydrogen (secondary N) is 3. The van der Waals surface area contributed by atoms with Gasteiger partial charge in [0.15, 0.2) is 0 Å². The molecule has 12 heavy (non-hydrogen) atoms. The second kappa shape index (κ2) is 3.56. The van der Waals surface area contributed by atoms with Gasteiger partial charge in [0.05, 0.1) is 12.2 Å². The zero-order valence-electron chi connectivity index (χ0n) is 6.39. The molecule has 0 atom stereocenters. The third kappa shape index (κ3) is 2.12. The van der Waals surface area contributed by atoms with Crippen molar-refractivity contribution in [3.8, 4) is 0 Å². The maximum atomic E-state index is 10.7. The molecule has 0 aliphatic carbocycles. The molecule has 1 aromatic rings. The van der Waals surface area contributed by atoms with Gasteiger partial charge in [-0.2, -0.15) is 0 Å². The van der Waals surface area contributed by atoms with E-state index in [2.05, 4.69) is 21.9 Å². The molecule has 0 bridgehead atoms. The van der Waals surface area contributed by atoms with Crippen LogP contribution in [0.1, 0.15) is 5.69 Å². The van der Waals surface area contributed by atoms with Gasteiger partial charge in [0.25, 0.3) is 0 Å². The fourth-order valence-corrected chi connectivity index (χ4v) is 0.720. The van der Waals surface area contributed by atoms with E-state index in [1.165, 1.54) is 12.3 Å². The topological polar surface area (TPSA) is 77.8 Å². The summed E-state index contributed by atoms with van der Waals surface area (Å²) in [5.74, 6) is -0.267. The summed E-state index contributed by atoms with van der Waals surface area (Å²) in [6, 6.07) is 0. The summed E-state index contributed by atoms with van der Waals surface area (Å²) < 4.78 is 0. The van der Waals surface area contributed by atoms with Crippen LogP contribution in [0.5, 0.6) is 0 Å². The highest BCUT2D eigenvalue weighted by atomic mass is 16.1. The van der Waals surface area contributed by atoms with Crippen LogP contribution in [-0.4, -0.2) is 15.9 Å². The SMILES string of the molecule is C=CC(=O)NCc1c[nH]c(=O)[nH]1. The largest absolute Gasteiger partial charge is 0.347 e. The lowest BCUT2D eigenvalue weighted by Gasteiger charge is -1.96. The number of aromatic nitrogens is 2. The van der Waals surface area contributed by atoms with Crippen LogP contribution in [-0.2, 0) is 11.3 Å². The van der Waals surface area contributed by atoms with Gasteiger partial charge in [-0.25, -0.2) is 4.79 Å². The maximum absolute atomic E-state index is 10.7. The van der Waals surface area contributed by atoms with Gasteiger partial charge in [-0.3, -0.25) is 4.79 Å². The summed E-state index contributed by atoms with van der Waals surface area (Å²) in [5.41, 5.74) is 0.355. The molecular weight excluding hydrogens is 158 g/mol. The van der Waals surface area contributed by atoms with E-state index in [1.807, 2.05) is 0 Å². The average Bonchev–Trinajstić information content (AvgIpc) is 2.47. The Hall–Kier alpha value is -1.78. The maximum Gasteiger partial charge on any atom is 0.323 e. The molecule has 1 amide bonds. The van der Waals surface area contributed by atoms with Crippen LogP contribution in [0.15, 0.2) is 23.6 Å². The lowest BCUT2D eigenvalue weighted by molar-refractivity contribution is -0.116. The van der Waals surface area contributed by atoms with Gasteiger partial charge in [0.1, 0.15) is 0 Å². The van der Waals surface area contributed by atoms with Gasteiger partial charge >= 0.3 is 5.69 Å². The van der Waals surface area contributed by atoms with Crippen molar-refractivity contribution in [3.05, 3.63) is 35.0 Å². The standard InChI is InChI=1S/C7H9N3O2/c1-2-6(11)8-3-5-4-9-7(12)10-5/h2,4H,1,3H2,(H,8,11)(H2,9,10,12). The number of imidazole rings is 1. The van der Waals surface area contributed by atoms with Crippen LogP contribution < -0.4 is 11.0 Å². The minimum Gasteiger partial charge on any atom is -0.347 e. The van der Waals surface area contributed by atoms with E-state index in [0.717, 1.165) is 0 Å². The summed E-state index contributed by atoms with van der Waals surface area (Å²) in [6.45, 7) is 3.58. The molecule has 0 saturated heterocycles. The Morgan fingerprint density at radius 3 is 3.00 bits per heavy atom. The Labute approximate surface area is 68.5 Å². The fourth-order valence-electron chi connectivity index (χ4n) is 0.720. The number of H-pyrrole nitrogens is 2. The molecule has 0 spiro atoms. The summed E-state index contributed by atoms with van der Waals surface area (Å²) >= 11 is 0. The monoisotopic (exact) mass is 167 g/mol. The van der Waals surface area contributed by atoms with E-state index in [1.54, 1.807) is 0 Å². The first-order chi connectivity index (χ1) is 5.72. The van der Waals surface area contributed by atoms with E-state index in [9.17, 15) is 9.59 Å². The van der Waals surface area contributed by atoms with Crippen LogP contribution in [0, 0.1) is 0 Å². The molecular formula is C7H9N3O2. The predicted octanol–water partition coefficient (Wildman–Crippen LogP) is -0.495. The highest BCUT2D eigenvalue weighted by Crippen LogP contribution is 1.85. The minimum atomic E-state index is -0.280. The summed E-state index contributed by atoms with van der Waals surface area (Å²) in [5, 5.41) is 2.51. The number of hydrogen-bond donors (Lipinski definition) is 3. The zero-order chi connectivity index (χ0) is 8.97. The third-order valence-electron chi connectivity index (χ3n) is 1.29. The first-order valence-corrected chi connectivity index (χ1v) is 3.39. The van der Waals surface area contributed by atoms with Gasteiger partial charge in [-0.05, 0) is 6.08 Å². The van der Waals surface area contributed by atoms with Crippen LogP contribution in [0.3, 0.4) is 0 Å². The first-order valence-electron chi connectivity index (χ1n) is 3.39. The molecule has 5 heteroatoms. The lowest BCUT2D eigenvalue weighted by atomic mass is 10.4. The number of rotatable bonds is 3. The summed E-state index contributed by atoms with van der Waals surface area (Å²) in [4.78, 5) is 26.1. The molecule has 1 heterocycles. The molecule has 0 saturated carbocycles. The second-order valence-electron chi connectivity index (χ2n) is 2.19. The van der Waals surface area contributed by atoms with Crippen molar-refractivity contribution in [3.63, 3.8) is 0 Å². The number of carbonyl (C=O) groups excluding carboxylic acids is 1. The molecule has 1 rings (SSSR count). The molecule has 64 valence electrons. The van der Waals surface area contributed by atoms with Crippen molar-refractivity contribution >= 4 is 5.91 Å². The summed E-state index contributed by atoms with van der Waals surface area (Å²) in [6.07, 6.45) is 2.68. The third-order valence-corrected chi connectivity index (χ3v) is 1.29. The molecule has 5 nitrogen and oxygen atoms in total. The van der Waals surface area contributed by atoms with Crippen molar-refractivity contribution in [2.45, 2.75) is 6.54 Å². The molecule has 0 unspecified atom stereocenters. The Morgan fingerprint density at radius 1 is 1.75 bits per heavy atom. The fraction of sp³-hybridized carbons (Fsp3) is 0.143. The van der Waals surface area contributed by atoms with Crippen LogP contribution in [0.2, 0.25) is 0 Å². The Morgan fingerprint density at radius 2 is 2.50 bits per heavy atom. The smallest absolute Gasteiger partial charge is 0.323 e. The van der Waals surface area contributed by atoms with Crippen LogP contribution >= 0.6 is 0 Å². The Balaban J connectivity index is 2.48. The normalized spacial score (nSPS) is 9.33. The van der Waals surface area contributed by atoms with E-state index < -0.39 is 0 Å². The number of carbonyl (C=O) groups is 1. The highest BCUT2D eigenvalue weighted by Gasteiger charge is 1.96. The van der Waals surface area contributed by atoms with Crippen molar-refractivity contribution in [1.82, 2.24) is 15.3 Å². The van der Waals surface area contributed by atoms with E-state index in [0.29, 0.717) is 12.2 Å². The van der Waals surface area contributed by atoms with Gasteiger partial charge in [-0.1, -0.05) is 6.58 Å². The molecule has 0 radical (unpaired) electrons. The van der Waals surface area contributed by atoms with Gasteiger partial charge in [0, 0.05) is 6.20 Å². The lowest BCUT2D eigenvalue weighted by Crippen LogP contribution is -2.20. The van der Waals surface area contributed by atoms with Crippen LogP contribution in [0.25, 0.3) is 0 Å². The first kappa shape index (κ1) is 8.32. The van der Waals surface area contributed by atoms with E-state index >= 15 is 0 Å². The quantitative estimate of drug-likeness (QED) is 0.531. The molecule has 0 aliphatic rings. The second-order valence-corrected chi connectivity index (χ2v) is 2.19. The molecule has 3 N–H and O–H groups in total. The van der Waals surface area contributed by atoms with Crippen molar-refractivity contribution in [2.24, 2.45) is 0 Å². The van der Waals surface area contributed by atoms with Gasteiger partial charge in [0.2, 0.25) is 5.91 Å². The Kier molecular flexibility index (Phi) is 2.47. The molecule has 0 aromatic carbocycles. The van der Waals surface area contributed by atoms with Gasteiger partial charge in [-0.15, -0.1) is 0 Å². The summed E-state index contributed by atoms with van der Waals surface area (Å²) in [7, 11) is 0. The van der Waals surface area contributed by atoms with Gasteiger partial charge < -0.3 is 15.3 Å². The number of hydrogen-bond acceptors (Lipinski definition) is 2. The molecule has 0 fully saturated rings. The number of amides is 1. The highest BCUT2D eigenvalue weighted by molar-refractivity contribution is 5.86. The van der Waals surface area contributed by atoms with E-state index in [4.69, 9.17) is 0 Å². The molecule has 0 aliphatic heterocycles. The minimum absolute atomic E-state index is 0.267. The van der Waals surface area contributed by atoms with Crippen LogP contribution in [0.4, 0.5) is 0 Å². The van der Waals surface area contributed by atoms with E-state index in [-0.39, 0.29) is 11.6 Å². The zero-order valence-corrected chi connectivity index (χ0v) is 6.39. The van der Waals surface area contributed by atoms with Crippen molar-refractivity contribution < 1.29 is 4.79 Å². The molecule has 1 aromatic heterocycles.